The molecule has 0 amide bonds. The fraction of sp³-hybridized carbons (Fsp3) is 0.300. The van der Waals surface area contributed by atoms with E-state index >= 15 is 0 Å². The number of anilines is 1. The van der Waals surface area contributed by atoms with Crippen LogP contribution in [0.2, 0.25) is 0 Å². The largest absolute Gasteiger partial charge is 1.00 e. The number of fused-ring (bicyclic) bond motifs is 2. The number of hydrogen-bond donors (Lipinski definition) is 0. The minimum Gasteiger partial charge on any atom is -0.550 e. The second kappa shape index (κ2) is 13.7. The van der Waals surface area contributed by atoms with Crippen LogP contribution in [-0.4, -0.2) is 18.5 Å². The van der Waals surface area contributed by atoms with Crippen LogP contribution in [-0.2, 0) is 16.1 Å². The molecule has 41 heavy (non-hydrogen) atoms. The number of halogens is 2. The van der Waals surface area contributed by atoms with Crippen LogP contribution in [0.1, 0.15) is 44.5 Å². The van der Waals surface area contributed by atoms with Crippen molar-refractivity contribution in [3.05, 3.63) is 77.8 Å². The molecule has 0 radical (unpaired) electrons. The predicted molar refractivity (Wildman–Crippen MR) is 168 cm³/mol. The van der Waals surface area contributed by atoms with Gasteiger partial charge in [-0.15, -0.1) is 0 Å². The molecule has 0 bridgehead atoms. The summed E-state index contributed by atoms with van der Waals surface area (Å²) in [5.41, 5.74) is 4.39. The summed E-state index contributed by atoms with van der Waals surface area (Å²) < 4.78 is 5.24. The van der Waals surface area contributed by atoms with Crippen molar-refractivity contribution in [3.63, 3.8) is 0 Å². The maximum Gasteiger partial charge on any atom is 1.00 e. The monoisotopic (exact) mass is 772 g/mol. The molecule has 2 aliphatic rings. The molecule has 1 aliphatic carbocycles. The molecule has 0 unspecified atom stereocenters. The number of aliphatic carboxylic acids is 2. The van der Waals surface area contributed by atoms with E-state index in [1.807, 2.05) is 12.1 Å². The third-order valence-electron chi connectivity index (χ3n) is 6.82. The maximum atomic E-state index is 11.3. The fourth-order valence-electron chi connectivity index (χ4n) is 5.24. The predicted octanol–water partition coefficient (Wildman–Crippen LogP) is 2.42. The number of carbonyl (C=O) groups is 2. The van der Waals surface area contributed by atoms with Crippen LogP contribution < -0.4 is 49.2 Å². The standard InChI is InChI=1S/C30H28BrIN2O4S2.Na/c1-30(2)16-18(12-26-33(9-7-28(35)36)22-14-20(31)3-5-24(22)39-26)11-19(17-30)13-27-34(10-8-29(37)38)23-15-21(32)4-6-25(23)40-27;/h3-6,11-15H,7-10,16-17H2,1-2H3,(H-,35,36,37,38);/q;+1/p-1. The number of carboxylic acids is 2. The number of carbonyl (C=O) groups excluding carboxylic acids is 2. The molecular weight excluding hydrogens is 746 g/mol. The van der Waals surface area contributed by atoms with Gasteiger partial charge in [-0.05, 0) is 88.4 Å². The summed E-state index contributed by atoms with van der Waals surface area (Å²) in [7, 11) is 0. The summed E-state index contributed by atoms with van der Waals surface area (Å²) in [4.78, 5) is 25.8. The minimum atomic E-state index is -1.07. The quantitative estimate of drug-likeness (QED) is 0.199. The smallest absolute Gasteiger partial charge is 0.550 e. The Labute approximate surface area is 292 Å². The van der Waals surface area contributed by atoms with E-state index in [2.05, 4.69) is 104 Å². The zero-order valence-electron chi connectivity index (χ0n) is 23.0. The first kappa shape index (κ1) is 32.8. The van der Waals surface area contributed by atoms with Crippen molar-refractivity contribution in [1.82, 2.24) is 0 Å². The van der Waals surface area contributed by atoms with E-state index in [0.717, 1.165) is 51.7 Å². The molecule has 0 atom stereocenters. The molecule has 5 rings (SSSR count). The Morgan fingerprint density at radius 3 is 2.59 bits per heavy atom. The van der Waals surface area contributed by atoms with Crippen LogP contribution in [0, 0.1) is 8.99 Å². The summed E-state index contributed by atoms with van der Waals surface area (Å²) in [6, 6.07) is 12.3. The Kier molecular flexibility index (Phi) is 10.9. The Hall–Kier alpha value is -1.15. The number of benzene rings is 2. The Morgan fingerprint density at radius 1 is 1.10 bits per heavy atom. The molecule has 0 saturated heterocycles. The second-order valence-electron chi connectivity index (χ2n) is 10.8. The number of thioether (sulfide) groups is 1. The van der Waals surface area contributed by atoms with Crippen molar-refractivity contribution in [2.75, 3.05) is 11.4 Å². The van der Waals surface area contributed by atoms with Gasteiger partial charge in [0, 0.05) is 56.4 Å². The van der Waals surface area contributed by atoms with E-state index in [4.69, 9.17) is 0 Å². The average Bonchev–Trinajstić information content (AvgIpc) is 3.36. The normalized spacial score (nSPS) is 18.0. The molecule has 2 heterocycles. The molecule has 0 saturated carbocycles. The van der Waals surface area contributed by atoms with Crippen molar-refractivity contribution in [3.8, 4) is 0 Å². The average molecular weight is 773 g/mol. The van der Waals surface area contributed by atoms with Gasteiger partial charge < -0.3 is 24.7 Å². The van der Waals surface area contributed by atoms with Crippen LogP contribution in [0.4, 0.5) is 5.69 Å². The molecule has 1 aliphatic heterocycles. The number of allylic oxidation sites excluding steroid dienone is 4. The van der Waals surface area contributed by atoms with Gasteiger partial charge in [0.25, 0.3) is 5.01 Å². The van der Waals surface area contributed by atoms with Crippen molar-refractivity contribution in [1.29, 1.82) is 0 Å². The minimum absolute atomic E-state index is 0. The number of thiazole rings is 1. The zero-order valence-corrected chi connectivity index (χ0v) is 30.4. The van der Waals surface area contributed by atoms with Crippen molar-refractivity contribution < 1.29 is 53.9 Å². The van der Waals surface area contributed by atoms with Crippen LogP contribution in [0.5, 0.6) is 0 Å². The summed E-state index contributed by atoms with van der Waals surface area (Å²) in [5, 5.41) is 24.6. The molecule has 208 valence electrons. The van der Waals surface area contributed by atoms with Gasteiger partial charge in [-0.2, -0.15) is 4.57 Å². The van der Waals surface area contributed by atoms with Gasteiger partial charge in [0.1, 0.15) is 4.70 Å². The topological polar surface area (TPSA) is 87.4 Å². The summed E-state index contributed by atoms with van der Waals surface area (Å²) in [5.74, 6) is -2.13. The molecule has 1 aromatic heterocycles. The van der Waals surface area contributed by atoms with Crippen LogP contribution in [0.15, 0.2) is 74.1 Å². The second-order valence-corrected chi connectivity index (χ2v) is 15.0. The molecule has 6 nitrogen and oxygen atoms in total. The zero-order chi connectivity index (χ0) is 28.6. The number of hydrogen-bond acceptors (Lipinski definition) is 7. The summed E-state index contributed by atoms with van der Waals surface area (Å²) in [6.07, 6.45) is 8.26. The van der Waals surface area contributed by atoms with Crippen LogP contribution in [0.3, 0.4) is 0 Å². The number of aryl methyl sites for hydroxylation is 1. The third-order valence-corrected chi connectivity index (χ3v) is 10.2. The van der Waals surface area contributed by atoms with Crippen molar-refractivity contribution >= 4 is 95.5 Å². The first-order valence-electron chi connectivity index (χ1n) is 12.9. The first-order chi connectivity index (χ1) is 19.0. The molecular formula is C30H27BrIN2NaO4S2. The van der Waals surface area contributed by atoms with E-state index in [9.17, 15) is 19.8 Å². The van der Waals surface area contributed by atoms with E-state index < -0.39 is 11.9 Å². The summed E-state index contributed by atoms with van der Waals surface area (Å²) in [6.45, 7) is 5.20. The molecule has 0 spiro atoms. The van der Waals surface area contributed by atoms with Gasteiger partial charge in [-0.3, -0.25) is 0 Å². The van der Waals surface area contributed by atoms with Crippen molar-refractivity contribution in [2.45, 2.75) is 51.0 Å². The summed E-state index contributed by atoms with van der Waals surface area (Å²) >= 11 is 9.14. The Morgan fingerprint density at radius 2 is 1.85 bits per heavy atom. The number of carboxylic acid groups (broad SMARTS) is 2. The van der Waals surface area contributed by atoms with E-state index in [0.29, 0.717) is 13.1 Å². The maximum absolute atomic E-state index is 11.3. The molecule has 0 N–H and O–H groups in total. The van der Waals surface area contributed by atoms with Gasteiger partial charge in [0.2, 0.25) is 5.52 Å². The van der Waals surface area contributed by atoms with Gasteiger partial charge in [0.15, 0.2) is 6.54 Å². The van der Waals surface area contributed by atoms with E-state index in [-0.39, 0.29) is 47.8 Å². The van der Waals surface area contributed by atoms with Gasteiger partial charge in [0.05, 0.1) is 10.7 Å². The van der Waals surface area contributed by atoms with Gasteiger partial charge in [-0.1, -0.05) is 59.0 Å². The number of rotatable bonds is 8. The van der Waals surface area contributed by atoms with E-state index in [1.165, 1.54) is 11.1 Å². The fourth-order valence-corrected chi connectivity index (χ4v) is 8.36. The molecule has 2 aromatic carbocycles. The third kappa shape index (κ3) is 8.07. The number of nitrogens with zero attached hydrogens (tertiary/aromatic N) is 2. The SMILES string of the molecule is CC1(C)CC(C=C2Sc3ccc(Br)cc3N2CCC(=O)[O-])=CC(=Cc2sc3ccc(I)cc3[n+]2CCC(=O)[O-])C1.[Na+]. The first-order valence-corrected chi connectivity index (χ1v) is 16.4. The molecule has 3 aromatic rings. The van der Waals surface area contributed by atoms with Crippen LogP contribution >= 0.6 is 61.6 Å². The molecule has 0 fully saturated rings. The Bertz CT molecular complexity index is 1620. The Balaban J connectivity index is 0.00000387. The van der Waals surface area contributed by atoms with Crippen LogP contribution in [0.25, 0.3) is 16.3 Å². The van der Waals surface area contributed by atoms with Crippen molar-refractivity contribution in [2.24, 2.45) is 5.41 Å². The number of aromatic nitrogens is 1. The van der Waals surface area contributed by atoms with Gasteiger partial charge >= 0.3 is 29.6 Å². The van der Waals surface area contributed by atoms with E-state index in [1.54, 1.807) is 23.1 Å². The van der Waals surface area contributed by atoms with Gasteiger partial charge in [-0.25, -0.2) is 0 Å². The molecule has 11 heteroatoms.